The summed E-state index contributed by atoms with van der Waals surface area (Å²) < 4.78 is 0. The molecule has 0 saturated heterocycles. The fourth-order valence-corrected chi connectivity index (χ4v) is 3.67. The van der Waals surface area contributed by atoms with E-state index in [1.165, 1.54) is 0 Å². The third kappa shape index (κ3) is 5.51. The normalized spacial score (nSPS) is 20.6. The van der Waals surface area contributed by atoms with Crippen molar-refractivity contribution < 1.29 is 4.79 Å². The van der Waals surface area contributed by atoms with Crippen LogP contribution in [0.4, 0.5) is 0 Å². The van der Waals surface area contributed by atoms with Crippen molar-refractivity contribution in [2.24, 2.45) is 11.7 Å². The number of hydrogen-bond acceptors (Lipinski definition) is 4. The van der Waals surface area contributed by atoms with Gasteiger partial charge in [0.2, 0.25) is 5.91 Å². The molecule has 5 nitrogen and oxygen atoms in total. The summed E-state index contributed by atoms with van der Waals surface area (Å²) in [7, 11) is 0. The van der Waals surface area contributed by atoms with E-state index in [9.17, 15) is 4.79 Å². The van der Waals surface area contributed by atoms with Gasteiger partial charge < -0.3 is 16.0 Å². The Hall–Kier alpha value is -0.950. The summed E-state index contributed by atoms with van der Waals surface area (Å²) in [6, 6.07) is 8.05. The molecule has 1 saturated carbocycles. The fraction of sp³-hybridized carbons (Fsp3) is 0.529. The van der Waals surface area contributed by atoms with Gasteiger partial charge in [-0.25, -0.2) is 4.98 Å². The van der Waals surface area contributed by atoms with Crippen molar-refractivity contribution in [3.63, 3.8) is 0 Å². The van der Waals surface area contributed by atoms with Crippen LogP contribution in [0.15, 0.2) is 24.3 Å². The van der Waals surface area contributed by atoms with E-state index in [0.717, 1.165) is 48.3 Å². The highest BCUT2D eigenvalue weighted by molar-refractivity contribution is 7.98. The molecule has 25 heavy (non-hydrogen) atoms. The zero-order chi connectivity index (χ0) is 16.2. The monoisotopic (exact) mass is 404 g/mol. The molecule has 1 heterocycles. The Morgan fingerprint density at radius 1 is 1.40 bits per heavy atom. The van der Waals surface area contributed by atoms with Crippen LogP contribution in [0, 0.1) is 5.92 Å². The number of para-hydroxylation sites is 2. The third-order valence-corrected chi connectivity index (χ3v) is 5.15. The van der Waals surface area contributed by atoms with Crippen molar-refractivity contribution >= 4 is 53.5 Å². The number of halogens is 2. The SMILES string of the molecule is CSCCC(NC(=O)C1CCC(N)C1)c1nc2ccccc2[nH]1.Cl.Cl. The van der Waals surface area contributed by atoms with Crippen LogP contribution < -0.4 is 11.1 Å². The molecule has 140 valence electrons. The van der Waals surface area contributed by atoms with E-state index >= 15 is 0 Å². The van der Waals surface area contributed by atoms with Gasteiger partial charge in [-0.05, 0) is 49.8 Å². The molecule has 1 amide bonds. The molecule has 1 fully saturated rings. The maximum absolute atomic E-state index is 12.5. The van der Waals surface area contributed by atoms with Crippen molar-refractivity contribution in [2.75, 3.05) is 12.0 Å². The Morgan fingerprint density at radius 3 is 2.80 bits per heavy atom. The summed E-state index contributed by atoms with van der Waals surface area (Å²) >= 11 is 1.78. The van der Waals surface area contributed by atoms with Gasteiger partial charge in [-0.2, -0.15) is 11.8 Å². The number of hydrogen-bond donors (Lipinski definition) is 3. The first-order chi connectivity index (χ1) is 11.2. The van der Waals surface area contributed by atoms with Gasteiger partial charge >= 0.3 is 0 Å². The zero-order valence-corrected chi connectivity index (χ0v) is 16.7. The molecule has 0 radical (unpaired) electrons. The molecular formula is C17H26Cl2N4OS. The summed E-state index contributed by atoms with van der Waals surface area (Å²) in [5.74, 6) is 1.98. The van der Waals surface area contributed by atoms with Crippen LogP contribution in [-0.4, -0.2) is 33.9 Å². The van der Waals surface area contributed by atoms with Crippen molar-refractivity contribution in [3.05, 3.63) is 30.1 Å². The van der Waals surface area contributed by atoms with Crippen molar-refractivity contribution in [1.82, 2.24) is 15.3 Å². The Kier molecular flexibility index (Phi) is 9.07. The predicted molar refractivity (Wildman–Crippen MR) is 110 cm³/mol. The van der Waals surface area contributed by atoms with Crippen molar-refractivity contribution in [2.45, 2.75) is 37.8 Å². The standard InChI is InChI=1S/C17H24N4OS.2ClH/c1-23-9-8-15(21-17(22)11-6-7-12(18)10-11)16-19-13-4-2-3-5-14(13)20-16;;/h2-5,11-12,15H,6-10,18H2,1H3,(H,19,20)(H,21,22);2*1H. The van der Waals surface area contributed by atoms with E-state index < -0.39 is 0 Å². The van der Waals surface area contributed by atoms with Crippen LogP contribution in [-0.2, 0) is 4.79 Å². The Bertz CT molecular complexity index is 648. The number of nitrogens with one attached hydrogen (secondary N) is 2. The lowest BCUT2D eigenvalue weighted by Crippen LogP contribution is -2.34. The highest BCUT2D eigenvalue weighted by Crippen LogP contribution is 2.26. The van der Waals surface area contributed by atoms with E-state index in [0.29, 0.717) is 0 Å². The smallest absolute Gasteiger partial charge is 0.223 e. The van der Waals surface area contributed by atoms with Gasteiger partial charge in [0.1, 0.15) is 5.82 Å². The number of nitrogens with two attached hydrogens (primary N) is 1. The summed E-state index contributed by atoms with van der Waals surface area (Å²) in [4.78, 5) is 20.5. The summed E-state index contributed by atoms with van der Waals surface area (Å²) in [6.45, 7) is 0. The Morgan fingerprint density at radius 2 is 2.16 bits per heavy atom. The van der Waals surface area contributed by atoms with Gasteiger partial charge in [-0.1, -0.05) is 12.1 Å². The number of imidazole rings is 1. The molecule has 3 unspecified atom stereocenters. The van der Waals surface area contributed by atoms with E-state index in [1.807, 2.05) is 24.3 Å². The van der Waals surface area contributed by atoms with E-state index in [1.54, 1.807) is 11.8 Å². The first kappa shape index (κ1) is 22.1. The van der Waals surface area contributed by atoms with Crippen molar-refractivity contribution in [3.8, 4) is 0 Å². The van der Waals surface area contributed by atoms with Crippen molar-refractivity contribution in [1.29, 1.82) is 0 Å². The second-order valence-corrected chi connectivity index (χ2v) is 7.24. The second-order valence-electron chi connectivity index (χ2n) is 6.25. The maximum atomic E-state index is 12.5. The molecule has 3 atom stereocenters. The van der Waals surface area contributed by atoms with E-state index in [2.05, 4.69) is 21.5 Å². The van der Waals surface area contributed by atoms with Gasteiger partial charge in [0, 0.05) is 12.0 Å². The lowest BCUT2D eigenvalue weighted by atomic mass is 10.1. The number of benzene rings is 1. The minimum atomic E-state index is -0.0702. The van der Waals surface area contributed by atoms with Gasteiger partial charge in [0.25, 0.3) is 0 Å². The fourth-order valence-electron chi connectivity index (χ4n) is 3.19. The molecule has 0 aliphatic heterocycles. The quantitative estimate of drug-likeness (QED) is 0.688. The minimum absolute atomic E-state index is 0. The van der Waals surface area contributed by atoms with Crippen LogP contribution in [0.5, 0.6) is 0 Å². The molecule has 1 aromatic carbocycles. The number of rotatable bonds is 6. The summed E-state index contributed by atoms with van der Waals surface area (Å²) in [6.07, 6.45) is 5.57. The Labute approximate surface area is 165 Å². The van der Waals surface area contributed by atoms with Crippen LogP contribution in [0.2, 0.25) is 0 Å². The zero-order valence-electron chi connectivity index (χ0n) is 14.2. The summed E-state index contributed by atoms with van der Waals surface area (Å²) in [5, 5.41) is 3.19. The highest BCUT2D eigenvalue weighted by Gasteiger charge is 2.29. The second kappa shape index (κ2) is 10.3. The molecule has 8 heteroatoms. The molecule has 0 spiro atoms. The van der Waals surface area contributed by atoms with Crippen LogP contribution >= 0.6 is 36.6 Å². The number of aromatic amines is 1. The number of aromatic nitrogens is 2. The number of carbonyl (C=O) groups excluding carboxylic acids is 1. The molecule has 1 aromatic heterocycles. The number of H-pyrrole nitrogens is 1. The summed E-state index contributed by atoms with van der Waals surface area (Å²) in [5.41, 5.74) is 7.88. The first-order valence-electron chi connectivity index (χ1n) is 8.17. The third-order valence-electron chi connectivity index (χ3n) is 4.51. The van der Waals surface area contributed by atoms with Crippen LogP contribution in [0.1, 0.15) is 37.5 Å². The van der Waals surface area contributed by atoms with Gasteiger partial charge in [-0.3, -0.25) is 4.79 Å². The maximum Gasteiger partial charge on any atom is 0.223 e. The molecule has 3 rings (SSSR count). The first-order valence-corrected chi connectivity index (χ1v) is 9.56. The molecule has 1 aliphatic carbocycles. The van der Waals surface area contributed by atoms with Gasteiger partial charge in [0.05, 0.1) is 17.1 Å². The number of nitrogens with zero attached hydrogens (tertiary/aromatic N) is 1. The average molecular weight is 405 g/mol. The van der Waals surface area contributed by atoms with Crippen LogP contribution in [0.25, 0.3) is 11.0 Å². The van der Waals surface area contributed by atoms with Crippen LogP contribution in [0.3, 0.4) is 0 Å². The molecule has 2 aromatic rings. The van der Waals surface area contributed by atoms with E-state index in [-0.39, 0.29) is 48.7 Å². The lowest BCUT2D eigenvalue weighted by Gasteiger charge is -2.19. The number of thioether (sulfide) groups is 1. The molecule has 4 N–H and O–H groups in total. The predicted octanol–water partition coefficient (Wildman–Crippen LogP) is 3.44. The lowest BCUT2D eigenvalue weighted by molar-refractivity contribution is -0.125. The Balaban J connectivity index is 0.00000156. The number of carbonyl (C=O) groups is 1. The molecular weight excluding hydrogens is 379 g/mol. The number of fused-ring (bicyclic) bond motifs is 1. The highest BCUT2D eigenvalue weighted by atomic mass is 35.5. The largest absolute Gasteiger partial charge is 0.346 e. The van der Waals surface area contributed by atoms with Gasteiger partial charge in [-0.15, -0.1) is 24.8 Å². The average Bonchev–Trinajstić information content (AvgIpc) is 3.17. The minimum Gasteiger partial charge on any atom is -0.346 e. The van der Waals surface area contributed by atoms with E-state index in [4.69, 9.17) is 5.73 Å². The number of amides is 1. The molecule has 1 aliphatic rings. The molecule has 0 bridgehead atoms. The topological polar surface area (TPSA) is 83.8 Å². The van der Waals surface area contributed by atoms with Gasteiger partial charge in [0.15, 0.2) is 0 Å².